The highest BCUT2D eigenvalue weighted by atomic mass is 16.4. The number of rotatable bonds is 3. The van der Waals surface area contributed by atoms with Gasteiger partial charge in [-0.25, -0.2) is 4.79 Å². The minimum atomic E-state index is -0.432. The number of carbonyl (C=O) groups excluding carboxylic acids is 1. The van der Waals surface area contributed by atoms with Crippen LogP contribution in [0.25, 0.3) is 11.1 Å². The Kier molecular flexibility index (Phi) is 3.31. The molecule has 1 saturated heterocycles. The molecule has 0 bridgehead atoms. The third-order valence-electron chi connectivity index (χ3n) is 3.58. The van der Waals surface area contributed by atoms with E-state index in [1.807, 2.05) is 11.9 Å². The predicted octanol–water partition coefficient (Wildman–Crippen LogP) is 0.728. The van der Waals surface area contributed by atoms with Crippen LogP contribution in [0.4, 0.5) is 0 Å². The molecule has 1 fully saturated rings. The molecule has 6 heteroatoms. The number of hydrogen-bond donors (Lipinski definition) is 1. The third-order valence-corrected chi connectivity index (χ3v) is 3.58. The predicted molar refractivity (Wildman–Crippen MR) is 75.9 cm³/mol. The van der Waals surface area contributed by atoms with Gasteiger partial charge in [-0.2, -0.15) is 4.68 Å². The molecule has 1 aromatic heterocycles. The van der Waals surface area contributed by atoms with E-state index in [-0.39, 0.29) is 5.78 Å². The molecule has 1 N–H and O–H groups in total. The van der Waals surface area contributed by atoms with Crippen molar-refractivity contribution in [1.82, 2.24) is 9.99 Å². The molecule has 3 rings (SSSR count). The van der Waals surface area contributed by atoms with Crippen LogP contribution in [0.1, 0.15) is 23.7 Å². The molecule has 106 valence electrons. The van der Waals surface area contributed by atoms with Gasteiger partial charge in [-0.15, -0.1) is 0 Å². The number of benzene rings is 1. The van der Waals surface area contributed by atoms with E-state index in [1.165, 1.54) is 4.68 Å². The topological polar surface area (TPSA) is 67.5 Å². The summed E-state index contributed by atoms with van der Waals surface area (Å²) < 4.78 is 6.79. The van der Waals surface area contributed by atoms with E-state index in [0.29, 0.717) is 36.2 Å². The van der Waals surface area contributed by atoms with Crippen LogP contribution in [0, 0.1) is 0 Å². The largest absolute Gasteiger partial charge is 0.439 e. The standard InChI is InChI=1S/C14H17N3O3/c1-2-11(18)10-4-3-5-12-13(10)17(14(19)20-12)16-8-6-15-7-9-16/h3-5,15H,2,6-9H2,1H3. The maximum Gasteiger partial charge on any atom is 0.439 e. The van der Waals surface area contributed by atoms with Crippen LogP contribution < -0.4 is 16.1 Å². The summed E-state index contributed by atoms with van der Waals surface area (Å²) in [5.41, 5.74) is 1.61. The van der Waals surface area contributed by atoms with E-state index in [4.69, 9.17) is 4.42 Å². The van der Waals surface area contributed by atoms with Gasteiger partial charge in [-0.3, -0.25) is 4.79 Å². The van der Waals surface area contributed by atoms with Crippen molar-refractivity contribution >= 4 is 16.9 Å². The molecule has 0 aliphatic carbocycles. The molecule has 0 unspecified atom stereocenters. The van der Waals surface area contributed by atoms with Gasteiger partial charge >= 0.3 is 5.76 Å². The highest BCUT2D eigenvalue weighted by molar-refractivity contribution is 6.05. The van der Waals surface area contributed by atoms with E-state index in [9.17, 15) is 9.59 Å². The Balaban J connectivity index is 2.22. The van der Waals surface area contributed by atoms with E-state index in [2.05, 4.69) is 5.32 Å². The second-order valence-electron chi connectivity index (χ2n) is 4.81. The third kappa shape index (κ3) is 2.02. The van der Waals surface area contributed by atoms with Crippen LogP contribution in [0.5, 0.6) is 0 Å². The first-order chi connectivity index (χ1) is 9.72. The molecule has 1 aromatic carbocycles. The smallest absolute Gasteiger partial charge is 0.406 e. The Morgan fingerprint density at radius 3 is 2.80 bits per heavy atom. The summed E-state index contributed by atoms with van der Waals surface area (Å²) in [6.45, 7) is 4.85. The van der Waals surface area contributed by atoms with Crippen molar-refractivity contribution in [3.05, 3.63) is 34.3 Å². The van der Waals surface area contributed by atoms with Gasteiger partial charge < -0.3 is 14.7 Å². The van der Waals surface area contributed by atoms with Gasteiger partial charge in [0.2, 0.25) is 0 Å². The van der Waals surface area contributed by atoms with Gasteiger partial charge in [0, 0.05) is 38.2 Å². The summed E-state index contributed by atoms with van der Waals surface area (Å²) in [6, 6.07) is 5.22. The zero-order valence-corrected chi connectivity index (χ0v) is 11.4. The average Bonchev–Trinajstić information content (AvgIpc) is 2.83. The number of piperazine rings is 1. The number of Topliss-reactive ketones (excluding diaryl/α,β-unsaturated/α-hetero) is 1. The van der Waals surface area contributed by atoms with Crippen LogP contribution in [-0.4, -0.2) is 36.6 Å². The minimum absolute atomic E-state index is 0.0142. The maximum atomic E-state index is 12.1. The number of fused-ring (bicyclic) bond motifs is 1. The first-order valence-corrected chi connectivity index (χ1v) is 6.86. The maximum absolute atomic E-state index is 12.1. The summed E-state index contributed by atoms with van der Waals surface area (Å²) in [4.78, 5) is 24.2. The van der Waals surface area contributed by atoms with Crippen molar-refractivity contribution in [3.63, 3.8) is 0 Å². The number of ketones is 1. The Bertz CT molecular complexity index is 695. The molecule has 1 aliphatic rings. The lowest BCUT2D eigenvalue weighted by atomic mass is 10.1. The van der Waals surface area contributed by atoms with E-state index in [0.717, 1.165) is 13.1 Å². The van der Waals surface area contributed by atoms with Crippen LogP contribution in [0.2, 0.25) is 0 Å². The molecule has 2 aromatic rings. The van der Waals surface area contributed by atoms with Gasteiger partial charge in [0.1, 0.15) is 5.52 Å². The van der Waals surface area contributed by atoms with Gasteiger partial charge in [-0.1, -0.05) is 13.0 Å². The van der Waals surface area contributed by atoms with Crippen LogP contribution in [0.15, 0.2) is 27.4 Å². The number of para-hydroxylation sites is 1. The van der Waals surface area contributed by atoms with E-state index in [1.54, 1.807) is 18.2 Å². The van der Waals surface area contributed by atoms with Crippen molar-refractivity contribution < 1.29 is 9.21 Å². The molecule has 20 heavy (non-hydrogen) atoms. The Morgan fingerprint density at radius 1 is 1.35 bits per heavy atom. The van der Waals surface area contributed by atoms with E-state index < -0.39 is 5.76 Å². The number of aromatic nitrogens is 1. The summed E-state index contributed by atoms with van der Waals surface area (Å²) >= 11 is 0. The molecule has 0 atom stereocenters. The SMILES string of the molecule is CCC(=O)c1cccc2oc(=O)n(N3CCNCC3)c12. The number of oxazole rings is 1. The lowest BCUT2D eigenvalue weighted by Gasteiger charge is -2.29. The zero-order chi connectivity index (χ0) is 14.1. The van der Waals surface area contributed by atoms with Gasteiger partial charge in [0.15, 0.2) is 11.4 Å². The lowest BCUT2D eigenvalue weighted by Crippen LogP contribution is -2.52. The molecule has 0 radical (unpaired) electrons. The second kappa shape index (κ2) is 5.13. The summed E-state index contributed by atoms with van der Waals surface area (Å²) in [5.74, 6) is -0.418. The monoisotopic (exact) mass is 275 g/mol. The normalized spacial score (nSPS) is 15.8. The molecular weight excluding hydrogens is 258 g/mol. The Hall–Kier alpha value is -2.08. The van der Waals surface area contributed by atoms with Gasteiger partial charge in [0.25, 0.3) is 0 Å². The average molecular weight is 275 g/mol. The number of nitrogens with one attached hydrogen (secondary N) is 1. The highest BCUT2D eigenvalue weighted by Crippen LogP contribution is 2.20. The molecule has 6 nitrogen and oxygen atoms in total. The fourth-order valence-corrected chi connectivity index (χ4v) is 2.58. The number of nitrogens with zero attached hydrogens (tertiary/aromatic N) is 2. The lowest BCUT2D eigenvalue weighted by molar-refractivity contribution is 0.0989. The fraction of sp³-hybridized carbons (Fsp3) is 0.429. The Labute approximate surface area is 115 Å². The quantitative estimate of drug-likeness (QED) is 0.836. The summed E-state index contributed by atoms with van der Waals surface area (Å²) in [7, 11) is 0. The molecule has 0 spiro atoms. The van der Waals surface area contributed by atoms with Crippen molar-refractivity contribution in [2.24, 2.45) is 0 Å². The molecule has 1 aliphatic heterocycles. The molecule has 0 saturated carbocycles. The first-order valence-electron chi connectivity index (χ1n) is 6.86. The fourth-order valence-electron chi connectivity index (χ4n) is 2.58. The zero-order valence-electron chi connectivity index (χ0n) is 11.4. The summed E-state index contributed by atoms with van der Waals surface area (Å²) in [5, 5.41) is 5.17. The number of carbonyl (C=O) groups is 1. The van der Waals surface area contributed by atoms with Crippen molar-refractivity contribution in [1.29, 1.82) is 0 Å². The van der Waals surface area contributed by atoms with Crippen LogP contribution in [-0.2, 0) is 0 Å². The van der Waals surface area contributed by atoms with Crippen molar-refractivity contribution in [2.45, 2.75) is 13.3 Å². The minimum Gasteiger partial charge on any atom is -0.406 e. The molecule has 0 amide bonds. The highest BCUT2D eigenvalue weighted by Gasteiger charge is 2.21. The summed E-state index contributed by atoms with van der Waals surface area (Å²) in [6.07, 6.45) is 0.403. The second-order valence-corrected chi connectivity index (χ2v) is 4.81. The molecular formula is C14H17N3O3. The number of hydrogen-bond acceptors (Lipinski definition) is 5. The van der Waals surface area contributed by atoms with Gasteiger partial charge in [-0.05, 0) is 12.1 Å². The van der Waals surface area contributed by atoms with Crippen LogP contribution >= 0.6 is 0 Å². The Morgan fingerprint density at radius 2 is 2.10 bits per heavy atom. The first kappa shape index (κ1) is 12.9. The van der Waals surface area contributed by atoms with Gasteiger partial charge in [0.05, 0.1) is 0 Å². The van der Waals surface area contributed by atoms with Crippen molar-refractivity contribution in [2.75, 3.05) is 31.2 Å². The van der Waals surface area contributed by atoms with E-state index >= 15 is 0 Å². The van der Waals surface area contributed by atoms with Crippen molar-refractivity contribution in [3.8, 4) is 0 Å². The molecule has 2 heterocycles. The van der Waals surface area contributed by atoms with Crippen LogP contribution in [0.3, 0.4) is 0 Å².